The molecule has 0 heterocycles. The summed E-state index contributed by atoms with van der Waals surface area (Å²) < 4.78 is 104. The molecular formula is C32H28F7NO3. The van der Waals surface area contributed by atoms with Crippen molar-refractivity contribution in [2.75, 3.05) is 11.4 Å². The lowest BCUT2D eigenvalue weighted by Crippen LogP contribution is -2.33. The molecule has 43 heavy (non-hydrogen) atoms. The van der Waals surface area contributed by atoms with Crippen LogP contribution >= 0.6 is 0 Å². The van der Waals surface area contributed by atoms with Gasteiger partial charge in [0.05, 0.1) is 11.7 Å². The number of rotatable bonds is 12. The van der Waals surface area contributed by atoms with Crippen LogP contribution in [0, 0.1) is 0 Å². The number of aliphatic hydroxyl groups excluding tert-OH is 1. The van der Waals surface area contributed by atoms with Gasteiger partial charge in [0.25, 0.3) is 0 Å². The highest BCUT2D eigenvalue weighted by molar-refractivity contribution is 5.53. The molecule has 4 aromatic carbocycles. The summed E-state index contributed by atoms with van der Waals surface area (Å²) >= 11 is 0. The number of aryl methyl sites for hydroxylation is 1. The summed E-state index contributed by atoms with van der Waals surface area (Å²) in [6.07, 6.45) is -14.3. The predicted molar refractivity (Wildman–Crippen MR) is 148 cm³/mol. The molecule has 0 bridgehead atoms. The largest absolute Gasteiger partial charge is 0.461 e. The summed E-state index contributed by atoms with van der Waals surface area (Å²) in [5.74, 6) is 0.431. The molecule has 0 aromatic heterocycles. The first-order chi connectivity index (χ1) is 20.4. The summed E-state index contributed by atoms with van der Waals surface area (Å²) in [7, 11) is 0. The van der Waals surface area contributed by atoms with Crippen molar-refractivity contribution in [1.82, 2.24) is 0 Å². The third-order valence-electron chi connectivity index (χ3n) is 6.52. The van der Waals surface area contributed by atoms with Gasteiger partial charge in [0.2, 0.25) is 0 Å². The summed E-state index contributed by atoms with van der Waals surface area (Å²) in [5, 5.41) is 11.0. The van der Waals surface area contributed by atoms with Crippen LogP contribution in [0.4, 0.5) is 36.4 Å². The van der Waals surface area contributed by atoms with Crippen molar-refractivity contribution in [1.29, 1.82) is 0 Å². The molecule has 1 atom stereocenters. The minimum absolute atomic E-state index is 0.114. The van der Waals surface area contributed by atoms with Crippen LogP contribution in [0.3, 0.4) is 0 Å². The van der Waals surface area contributed by atoms with Gasteiger partial charge >= 0.3 is 18.7 Å². The van der Waals surface area contributed by atoms with Crippen molar-refractivity contribution < 1.29 is 45.3 Å². The molecule has 0 saturated carbocycles. The number of aliphatic hydroxyl groups is 1. The van der Waals surface area contributed by atoms with Gasteiger partial charge in [-0.3, -0.25) is 0 Å². The quantitative estimate of drug-likeness (QED) is 0.163. The summed E-state index contributed by atoms with van der Waals surface area (Å²) in [5.41, 5.74) is 0.427. The topological polar surface area (TPSA) is 41.9 Å². The highest BCUT2D eigenvalue weighted by Crippen LogP contribution is 2.36. The number of nitrogens with zero attached hydrogens (tertiary/aromatic N) is 1. The molecule has 1 unspecified atom stereocenters. The minimum Gasteiger partial charge on any atom is -0.457 e. The lowest BCUT2D eigenvalue weighted by Gasteiger charge is -2.29. The number of hydrogen-bond donors (Lipinski definition) is 1. The van der Waals surface area contributed by atoms with E-state index in [1.165, 1.54) is 35.2 Å². The van der Waals surface area contributed by atoms with Gasteiger partial charge in [-0.1, -0.05) is 55.5 Å². The maximum atomic E-state index is 13.7. The average molecular weight is 608 g/mol. The van der Waals surface area contributed by atoms with Crippen LogP contribution < -0.4 is 14.4 Å². The van der Waals surface area contributed by atoms with Gasteiger partial charge in [-0.2, -0.15) is 30.7 Å². The Hall–Kier alpha value is -4.25. The van der Waals surface area contributed by atoms with E-state index in [9.17, 15) is 35.8 Å². The predicted octanol–water partition coefficient (Wildman–Crippen LogP) is 9.04. The maximum Gasteiger partial charge on any atom is 0.461 e. The Balaban J connectivity index is 1.67. The Morgan fingerprint density at radius 3 is 2.02 bits per heavy atom. The van der Waals surface area contributed by atoms with Gasteiger partial charge in [-0.15, -0.1) is 0 Å². The first-order valence-electron chi connectivity index (χ1n) is 13.3. The molecule has 0 saturated heterocycles. The number of alkyl halides is 7. The van der Waals surface area contributed by atoms with Crippen LogP contribution in [0.25, 0.3) is 0 Å². The zero-order chi connectivity index (χ0) is 31.2. The molecule has 0 fully saturated rings. The van der Waals surface area contributed by atoms with E-state index < -0.39 is 36.1 Å². The van der Waals surface area contributed by atoms with Gasteiger partial charge in [0.15, 0.2) is 0 Å². The van der Waals surface area contributed by atoms with E-state index in [2.05, 4.69) is 4.74 Å². The fraction of sp³-hybridized carbons (Fsp3) is 0.250. The summed E-state index contributed by atoms with van der Waals surface area (Å²) in [6, 6.07) is 23.7. The zero-order valence-corrected chi connectivity index (χ0v) is 22.9. The van der Waals surface area contributed by atoms with Gasteiger partial charge in [0, 0.05) is 24.8 Å². The van der Waals surface area contributed by atoms with E-state index in [0.29, 0.717) is 22.7 Å². The minimum atomic E-state index is -4.73. The number of anilines is 1. The fourth-order valence-corrected chi connectivity index (χ4v) is 4.45. The van der Waals surface area contributed by atoms with Crippen molar-refractivity contribution in [3.63, 3.8) is 0 Å². The number of ether oxygens (including phenoxy) is 2. The normalized spacial score (nSPS) is 12.7. The first kappa shape index (κ1) is 31.7. The Labute approximate surface area is 243 Å². The number of hydrogen-bond acceptors (Lipinski definition) is 4. The Kier molecular flexibility index (Phi) is 9.85. The molecule has 1 N–H and O–H groups in total. The molecule has 4 rings (SSSR count). The third-order valence-corrected chi connectivity index (χ3v) is 6.52. The Morgan fingerprint density at radius 1 is 0.744 bits per heavy atom. The molecule has 11 heteroatoms. The van der Waals surface area contributed by atoms with Crippen molar-refractivity contribution in [3.8, 4) is 17.2 Å². The molecule has 0 aliphatic heterocycles. The third kappa shape index (κ3) is 8.41. The summed E-state index contributed by atoms with van der Waals surface area (Å²) in [4.78, 5) is 1.53. The van der Waals surface area contributed by atoms with E-state index in [1.807, 2.05) is 25.1 Å². The average Bonchev–Trinajstić information content (AvgIpc) is 2.96. The smallest absolute Gasteiger partial charge is 0.457 e. The second-order valence-corrected chi connectivity index (χ2v) is 9.69. The van der Waals surface area contributed by atoms with Crippen LogP contribution in [0.5, 0.6) is 17.2 Å². The molecule has 0 spiro atoms. The van der Waals surface area contributed by atoms with E-state index in [0.717, 1.165) is 30.2 Å². The van der Waals surface area contributed by atoms with Crippen molar-refractivity contribution >= 4 is 5.69 Å². The highest BCUT2D eigenvalue weighted by Gasteiger charge is 2.44. The van der Waals surface area contributed by atoms with Gasteiger partial charge in [0.1, 0.15) is 17.2 Å². The lowest BCUT2D eigenvalue weighted by molar-refractivity contribution is -0.253. The molecule has 4 aromatic rings. The van der Waals surface area contributed by atoms with Crippen LogP contribution in [0.2, 0.25) is 0 Å². The van der Waals surface area contributed by atoms with E-state index in [4.69, 9.17) is 4.74 Å². The fourth-order valence-electron chi connectivity index (χ4n) is 4.45. The lowest BCUT2D eigenvalue weighted by atomic mass is 10.0. The molecule has 0 amide bonds. The van der Waals surface area contributed by atoms with Crippen molar-refractivity contribution in [3.05, 3.63) is 119 Å². The second-order valence-electron chi connectivity index (χ2n) is 9.69. The zero-order valence-electron chi connectivity index (χ0n) is 22.9. The standard InChI is InChI=1S/C32H28F7NO3/c1-2-21-8-5-11-24(16-21)42-25-12-7-10-23(18-25)40(20-29(41)27-14-3-4-15-28(27)31(35,36)37)19-22-9-6-13-26(17-22)43-32(38,39)30(33)34/h3-18,29-30,41H,2,19-20H2,1H3. The van der Waals surface area contributed by atoms with Crippen LogP contribution in [0.1, 0.15) is 35.3 Å². The molecule has 4 nitrogen and oxygen atoms in total. The van der Waals surface area contributed by atoms with Crippen LogP contribution in [-0.4, -0.2) is 24.2 Å². The first-order valence-corrected chi connectivity index (χ1v) is 13.3. The summed E-state index contributed by atoms with van der Waals surface area (Å²) in [6.45, 7) is 1.53. The van der Waals surface area contributed by atoms with Gasteiger partial charge < -0.3 is 19.5 Å². The monoisotopic (exact) mass is 607 g/mol. The van der Waals surface area contributed by atoms with E-state index in [1.54, 1.807) is 30.3 Å². The SMILES string of the molecule is CCc1cccc(Oc2cccc(N(Cc3cccc(OC(F)(F)C(F)F)c3)CC(O)c3ccccc3C(F)(F)F)c2)c1. The second kappa shape index (κ2) is 13.4. The molecule has 0 aliphatic rings. The van der Waals surface area contributed by atoms with Crippen LogP contribution in [0.15, 0.2) is 97.1 Å². The maximum absolute atomic E-state index is 13.7. The molecule has 228 valence electrons. The Bertz CT molecular complexity index is 1510. The molecule has 0 aliphatic carbocycles. The van der Waals surface area contributed by atoms with E-state index in [-0.39, 0.29) is 18.7 Å². The van der Waals surface area contributed by atoms with Crippen molar-refractivity contribution in [2.45, 2.75) is 44.7 Å². The number of halogens is 7. The van der Waals surface area contributed by atoms with Crippen molar-refractivity contribution in [2.24, 2.45) is 0 Å². The highest BCUT2D eigenvalue weighted by atomic mass is 19.4. The van der Waals surface area contributed by atoms with E-state index >= 15 is 0 Å². The van der Waals surface area contributed by atoms with Gasteiger partial charge in [-0.05, 0) is 65.6 Å². The van der Waals surface area contributed by atoms with Crippen LogP contribution in [-0.2, 0) is 19.1 Å². The Morgan fingerprint density at radius 2 is 1.35 bits per heavy atom. The number of benzene rings is 4. The molecular weight excluding hydrogens is 579 g/mol. The molecule has 0 radical (unpaired) electrons. The van der Waals surface area contributed by atoms with Gasteiger partial charge in [-0.25, -0.2) is 0 Å².